The van der Waals surface area contributed by atoms with E-state index in [1.165, 1.54) is 11.0 Å². The van der Waals surface area contributed by atoms with Crippen LogP contribution in [0.15, 0.2) is 18.2 Å². The van der Waals surface area contributed by atoms with Crippen LogP contribution in [0, 0.1) is 6.92 Å². The molecule has 0 saturated heterocycles. The highest BCUT2D eigenvalue weighted by molar-refractivity contribution is 5.91. The molecule has 0 aliphatic carbocycles. The van der Waals surface area contributed by atoms with Crippen molar-refractivity contribution in [2.24, 2.45) is 0 Å². The highest BCUT2D eigenvalue weighted by Gasteiger charge is 2.39. The second kappa shape index (κ2) is 9.79. The molecule has 0 heterocycles. The smallest absolute Gasteiger partial charge is 0.408 e. The summed E-state index contributed by atoms with van der Waals surface area (Å²) >= 11 is 0. The fraction of sp³-hybridized carbons (Fsp3) is 0.625. The SMILES string of the molecule is Cc1cc(C(C(=O)NC(C)(C)C)N(C(=O)CNC(=O)OC(C)(C)C)C(C)(C)C)ccc1O. The quantitative estimate of drug-likeness (QED) is 0.634. The number of nitrogens with one attached hydrogen (secondary N) is 2. The molecular weight excluding hydrogens is 410 g/mol. The summed E-state index contributed by atoms with van der Waals surface area (Å²) in [6.45, 7) is 17.6. The molecule has 0 bridgehead atoms. The highest BCUT2D eigenvalue weighted by Crippen LogP contribution is 2.32. The van der Waals surface area contributed by atoms with Crippen molar-refractivity contribution < 1.29 is 24.2 Å². The zero-order chi connectivity index (χ0) is 25.1. The Labute approximate surface area is 191 Å². The van der Waals surface area contributed by atoms with Crippen LogP contribution in [0.25, 0.3) is 0 Å². The van der Waals surface area contributed by atoms with Crippen LogP contribution in [0.5, 0.6) is 5.75 Å². The second-order valence-corrected chi connectivity index (χ2v) is 11.0. The number of carbonyl (C=O) groups is 3. The maximum Gasteiger partial charge on any atom is 0.408 e. The van der Waals surface area contributed by atoms with E-state index in [2.05, 4.69) is 10.6 Å². The van der Waals surface area contributed by atoms with Gasteiger partial charge in [-0.15, -0.1) is 0 Å². The van der Waals surface area contributed by atoms with Crippen LogP contribution in [0.1, 0.15) is 79.5 Å². The van der Waals surface area contributed by atoms with Crippen molar-refractivity contribution in [3.05, 3.63) is 29.3 Å². The molecule has 8 nitrogen and oxygen atoms in total. The Bertz CT molecular complexity index is 845. The van der Waals surface area contributed by atoms with Gasteiger partial charge in [0, 0.05) is 11.1 Å². The molecule has 0 saturated carbocycles. The molecule has 0 aromatic heterocycles. The molecule has 1 aromatic rings. The molecule has 1 rings (SSSR count). The van der Waals surface area contributed by atoms with E-state index in [1.807, 2.05) is 41.5 Å². The van der Waals surface area contributed by atoms with Crippen LogP contribution < -0.4 is 10.6 Å². The van der Waals surface area contributed by atoms with Gasteiger partial charge >= 0.3 is 6.09 Å². The molecule has 8 heteroatoms. The van der Waals surface area contributed by atoms with Gasteiger partial charge in [-0.05, 0) is 92.5 Å². The Morgan fingerprint density at radius 2 is 1.59 bits per heavy atom. The lowest BCUT2D eigenvalue weighted by molar-refractivity contribution is -0.146. The number of alkyl carbamates (subject to hydrolysis) is 1. The number of benzene rings is 1. The molecule has 0 aliphatic heterocycles. The van der Waals surface area contributed by atoms with Gasteiger partial charge < -0.3 is 25.4 Å². The minimum atomic E-state index is -0.971. The standard InChI is InChI=1S/C24H39N3O5/c1-15-13-16(11-12-17(15)28)19(20(30)26-22(2,3)4)27(23(5,6)7)18(29)14-25-21(31)32-24(8,9)10/h11-13,19,28H,14H2,1-10H3,(H,25,31)(H,26,30). The van der Waals surface area contributed by atoms with Crippen molar-refractivity contribution in [1.29, 1.82) is 0 Å². The summed E-state index contributed by atoms with van der Waals surface area (Å²) in [5.41, 5.74) is -0.830. The number of carbonyl (C=O) groups excluding carboxylic acids is 3. The molecule has 0 aliphatic rings. The van der Waals surface area contributed by atoms with Crippen molar-refractivity contribution in [1.82, 2.24) is 15.5 Å². The molecular formula is C24H39N3O5. The fourth-order valence-corrected chi connectivity index (χ4v) is 3.16. The maximum atomic E-state index is 13.4. The molecule has 3 N–H and O–H groups in total. The average molecular weight is 450 g/mol. The summed E-state index contributed by atoms with van der Waals surface area (Å²) in [4.78, 5) is 40.2. The van der Waals surface area contributed by atoms with Crippen LogP contribution >= 0.6 is 0 Å². The van der Waals surface area contributed by atoms with E-state index in [0.717, 1.165) is 0 Å². The molecule has 3 amide bonds. The molecule has 1 aromatic carbocycles. The number of nitrogens with zero attached hydrogens (tertiary/aromatic N) is 1. The number of hydrogen-bond donors (Lipinski definition) is 3. The van der Waals surface area contributed by atoms with E-state index in [9.17, 15) is 19.5 Å². The third kappa shape index (κ3) is 8.40. The predicted molar refractivity (Wildman–Crippen MR) is 124 cm³/mol. The number of aromatic hydroxyl groups is 1. The Balaban J connectivity index is 3.37. The Hall–Kier alpha value is -2.77. The number of phenols is 1. The van der Waals surface area contributed by atoms with E-state index >= 15 is 0 Å². The third-order valence-electron chi connectivity index (χ3n) is 4.32. The van der Waals surface area contributed by atoms with Crippen LogP contribution in [-0.2, 0) is 14.3 Å². The van der Waals surface area contributed by atoms with Gasteiger partial charge in [-0.1, -0.05) is 6.07 Å². The van der Waals surface area contributed by atoms with E-state index < -0.39 is 34.7 Å². The van der Waals surface area contributed by atoms with Crippen LogP contribution in [0.3, 0.4) is 0 Å². The van der Waals surface area contributed by atoms with E-state index in [4.69, 9.17) is 4.74 Å². The number of hydrogen-bond acceptors (Lipinski definition) is 5. The molecule has 180 valence electrons. The minimum absolute atomic E-state index is 0.101. The van der Waals surface area contributed by atoms with Gasteiger partial charge in [0.1, 0.15) is 23.9 Å². The Kier molecular flexibility index (Phi) is 8.34. The monoisotopic (exact) mass is 449 g/mol. The lowest BCUT2D eigenvalue weighted by Crippen LogP contribution is -2.56. The van der Waals surface area contributed by atoms with E-state index in [-0.39, 0.29) is 18.2 Å². The van der Waals surface area contributed by atoms with Gasteiger partial charge in [0.25, 0.3) is 0 Å². The summed E-state index contributed by atoms with van der Waals surface area (Å²) in [5, 5.41) is 15.4. The van der Waals surface area contributed by atoms with Crippen LogP contribution in [0.4, 0.5) is 4.79 Å². The molecule has 32 heavy (non-hydrogen) atoms. The van der Waals surface area contributed by atoms with Crippen molar-refractivity contribution in [2.45, 2.75) is 92.0 Å². The second-order valence-electron chi connectivity index (χ2n) is 11.0. The summed E-state index contributed by atoms with van der Waals surface area (Å²) in [6.07, 6.45) is -0.712. The van der Waals surface area contributed by atoms with Gasteiger partial charge in [0.15, 0.2) is 0 Å². The maximum absolute atomic E-state index is 13.4. The third-order valence-corrected chi connectivity index (χ3v) is 4.32. The normalized spacial score (nSPS) is 13.2. The zero-order valence-corrected chi connectivity index (χ0v) is 21.0. The zero-order valence-electron chi connectivity index (χ0n) is 21.0. The van der Waals surface area contributed by atoms with Crippen LogP contribution in [0.2, 0.25) is 0 Å². The number of rotatable bonds is 5. The molecule has 1 atom stereocenters. The number of phenolic OH excluding ortho intramolecular Hbond substituents is 1. The predicted octanol–water partition coefficient (Wildman–Crippen LogP) is 3.81. The first-order valence-electron chi connectivity index (χ1n) is 10.7. The first kappa shape index (κ1) is 27.3. The van der Waals surface area contributed by atoms with Gasteiger partial charge in [-0.3, -0.25) is 9.59 Å². The van der Waals surface area contributed by atoms with Crippen molar-refractivity contribution in [2.75, 3.05) is 6.54 Å². The fourth-order valence-electron chi connectivity index (χ4n) is 3.16. The number of amides is 3. The van der Waals surface area contributed by atoms with Crippen LogP contribution in [-0.4, -0.2) is 51.1 Å². The Morgan fingerprint density at radius 3 is 2.03 bits per heavy atom. The highest BCUT2D eigenvalue weighted by atomic mass is 16.6. The summed E-state index contributed by atoms with van der Waals surface area (Å²) in [6, 6.07) is 3.85. The van der Waals surface area contributed by atoms with Crippen molar-refractivity contribution in [3.63, 3.8) is 0 Å². The topological polar surface area (TPSA) is 108 Å². The van der Waals surface area contributed by atoms with Gasteiger partial charge in [0.05, 0.1) is 0 Å². The summed E-state index contributed by atoms with van der Waals surface area (Å²) < 4.78 is 5.21. The molecule has 1 unspecified atom stereocenters. The molecule has 0 fully saturated rings. The van der Waals surface area contributed by atoms with E-state index in [1.54, 1.807) is 39.8 Å². The lowest BCUT2D eigenvalue weighted by atomic mass is 9.94. The average Bonchev–Trinajstić information content (AvgIpc) is 2.55. The van der Waals surface area contributed by atoms with Crippen molar-refractivity contribution in [3.8, 4) is 5.75 Å². The molecule has 0 radical (unpaired) electrons. The minimum Gasteiger partial charge on any atom is -0.508 e. The number of aryl methyl sites for hydroxylation is 1. The van der Waals surface area contributed by atoms with Gasteiger partial charge in [-0.2, -0.15) is 0 Å². The summed E-state index contributed by atoms with van der Waals surface area (Å²) in [7, 11) is 0. The lowest BCUT2D eigenvalue weighted by Gasteiger charge is -2.42. The first-order valence-corrected chi connectivity index (χ1v) is 10.7. The Morgan fingerprint density at radius 1 is 1.03 bits per heavy atom. The summed E-state index contributed by atoms with van der Waals surface area (Å²) in [5.74, 6) is -0.699. The van der Waals surface area contributed by atoms with Crippen molar-refractivity contribution >= 4 is 17.9 Å². The number of ether oxygens (including phenoxy) is 1. The first-order chi connectivity index (χ1) is 14.3. The molecule has 0 spiro atoms. The largest absolute Gasteiger partial charge is 0.508 e. The van der Waals surface area contributed by atoms with Gasteiger partial charge in [-0.25, -0.2) is 4.79 Å². The van der Waals surface area contributed by atoms with Gasteiger partial charge in [0.2, 0.25) is 11.8 Å². The van der Waals surface area contributed by atoms with E-state index in [0.29, 0.717) is 11.1 Å².